The minimum absolute atomic E-state index is 0.521. The summed E-state index contributed by atoms with van der Waals surface area (Å²) in [5, 5.41) is 0. The summed E-state index contributed by atoms with van der Waals surface area (Å²) in [6.07, 6.45) is 2.10. The van der Waals surface area contributed by atoms with Gasteiger partial charge in [0.25, 0.3) is 0 Å². The Morgan fingerprint density at radius 3 is 2.53 bits per heavy atom. The Hall–Kier alpha value is -0.890. The predicted octanol–water partition coefficient (Wildman–Crippen LogP) is 3.40. The predicted molar refractivity (Wildman–Crippen MR) is 70.4 cm³/mol. The minimum atomic E-state index is 0.521. The molecule has 0 fully saturated rings. The van der Waals surface area contributed by atoms with Crippen LogP contribution in [0, 0.1) is 0 Å². The lowest BCUT2D eigenvalue weighted by Crippen LogP contribution is -2.16. The number of benzene rings is 1. The molecule has 15 heavy (non-hydrogen) atoms. The third-order valence-electron chi connectivity index (χ3n) is 2.95. The first kappa shape index (κ1) is 12.2. The summed E-state index contributed by atoms with van der Waals surface area (Å²) in [4.78, 5) is 0.530. The maximum atomic E-state index is 5.81. The van der Waals surface area contributed by atoms with Gasteiger partial charge in [-0.05, 0) is 29.9 Å². The van der Waals surface area contributed by atoms with Crippen LogP contribution in [0.15, 0.2) is 18.2 Å². The maximum Gasteiger partial charge on any atom is 0.104 e. The molecule has 1 aromatic carbocycles. The van der Waals surface area contributed by atoms with Gasteiger partial charge in [-0.15, -0.1) is 0 Å². The van der Waals surface area contributed by atoms with Gasteiger partial charge in [0.15, 0.2) is 0 Å². The van der Waals surface area contributed by atoms with Crippen LogP contribution in [0.3, 0.4) is 0 Å². The Morgan fingerprint density at radius 2 is 2.07 bits per heavy atom. The highest BCUT2D eigenvalue weighted by Gasteiger charge is 2.13. The van der Waals surface area contributed by atoms with E-state index >= 15 is 0 Å². The van der Waals surface area contributed by atoms with E-state index in [1.165, 1.54) is 11.1 Å². The first-order valence-corrected chi connectivity index (χ1v) is 5.94. The second kappa shape index (κ2) is 5.26. The Bertz CT molecular complexity index is 358. The largest absolute Gasteiger partial charge is 0.389 e. The number of aryl methyl sites for hydroxylation is 1. The van der Waals surface area contributed by atoms with Crippen molar-refractivity contribution < 1.29 is 0 Å². The number of rotatable bonds is 4. The number of thiocarbonyl (C=S) groups is 1. The molecule has 1 nitrogen and oxygen atoms in total. The van der Waals surface area contributed by atoms with Crippen LogP contribution in [0.25, 0.3) is 0 Å². The highest BCUT2D eigenvalue weighted by Crippen LogP contribution is 2.25. The molecule has 0 spiro atoms. The highest BCUT2D eigenvalue weighted by atomic mass is 32.1. The van der Waals surface area contributed by atoms with Crippen molar-refractivity contribution in [1.82, 2.24) is 0 Å². The van der Waals surface area contributed by atoms with Crippen molar-refractivity contribution >= 4 is 17.2 Å². The van der Waals surface area contributed by atoms with Crippen molar-refractivity contribution in [2.24, 2.45) is 5.73 Å². The van der Waals surface area contributed by atoms with Gasteiger partial charge >= 0.3 is 0 Å². The van der Waals surface area contributed by atoms with Crippen LogP contribution >= 0.6 is 12.2 Å². The first-order chi connectivity index (χ1) is 7.11. The zero-order valence-electron chi connectivity index (χ0n) is 9.71. The quantitative estimate of drug-likeness (QED) is 0.789. The lowest BCUT2D eigenvalue weighted by Gasteiger charge is -2.17. The van der Waals surface area contributed by atoms with Crippen molar-refractivity contribution in [1.29, 1.82) is 0 Å². The SMILES string of the molecule is CCc1cccc(C(C)CC)c1C(N)=S. The van der Waals surface area contributed by atoms with Crippen LogP contribution in [0.1, 0.15) is 49.8 Å². The second-order valence-corrected chi connectivity index (χ2v) is 4.35. The van der Waals surface area contributed by atoms with Crippen molar-refractivity contribution in [3.05, 3.63) is 34.9 Å². The molecule has 0 saturated carbocycles. The van der Waals surface area contributed by atoms with Gasteiger partial charge in [0, 0.05) is 5.56 Å². The Kier molecular flexibility index (Phi) is 4.28. The van der Waals surface area contributed by atoms with Gasteiger partial charge in [-0.25, -0.2) is 0 Å². The number of hydrogen-bond donors (Lipinski definition) is 1. The fourth-order valence-electron chi connectivity index (χ4n) is 1.85. The molecule has 1 rings (SSSR count). The third-order valence-corrected chi connectivity index (χ3v) is 3.16. The van der Waals surface area contributed by atoms with Crippen molar-refractivity contribution in [2.75, 3.05) is 0 Å². The zero-order valence-corrected chi connectivity index (χ0v) is 10.5. The molecule has 2 N–H and O–H groups in total. The Morgan fingerprint density at radius 1 is 1.40 bits per heavy atom. The maximum absolute atomic E-state index is 5.81. The van der Waals surface area contributed by atoms with E-state index < -0.39 is 0 Å². The lowest BCUT2D eigenvalue weighted by molar-refractivity contribution is 0.730. The highest BCUT2D eigenvalue weighted by molar-refractivity contribution is 7.80. The van der Waals surface area contributed by atoms with Crippen LogP contribution in [0.2, 0.25) is 0 Å². The average molecular weight is 221 g/mol. The van der Waals surface area contributed by atoms with Crippen LogP contribution in [-0.4, -0.2) is 4.99 Å². The standard InChI is InChI=1S/C13H19NS/c1-4-9(3)11-8-6-7-10(5-2)12(11)13(14)15/h6-9H,4-5H2,1-3H3,(H2,14,15). The molecule has 82 valence electrons. The first-order valence-electron chi connectivity index (χ1n) is 5.53. The molecule has 0 aliphatic heterocycles. The molecular weight excluding hydrogens is 202 g/mol. The summed E-state index contributed by atoms with van der Waals surface area (Å²) in [7, 11) is 0. The Labute approximate surface area is 97.7 Å². The molecule has 0 aliphatic carbocycles. The van der Waals surface area contributed by atoms with E-state index in [0.717, 1.165) is 18.4 Å². The van der Waals surface area contributed by atoms with Crippen molar-refractivity contribution in [3.8, 4) is 0 Å². The van der Waals surface area contributed by atoms with Gasteiger partial charge in [-0.3, -0.25) is 0 Å². The molecule has 0 aliphatic rings. The Balaban J connectivity index is 3.31. The van der Waals surface area contributed by atoms with Gasteiger partial charge in [0.1, 0.15) is 4.99 Å². The molecule has 0 heterocycles. The van der Waals surface area contributed by atoms with E-state index in [2.05, 4.69) is 39.0 Å². The molecule has 0 saturated heterocycles. The van der Waals surface area contributed by atoms with Gasteiger partial charge < -0.3 is 5.73 Å². The fraction of sp³-hybridized carbons (Fsp3) is 0.462. The number of nitrogens with two attached hydrogens (primary N) is 1. The van der Waals surface area contributed by atoms with Gasteiger partial charge in [-0.1, -0.05) is 51.2 Å². The van der Waals surface area contributed by atoms with Gasteiger partial charge in [0.05, 0.1) is 0 Å². The average Bonchev–Trinajstić information content (AvgIpc) is 2.26. The number of hydrogen-bond acceptors (Lipinski definition) is 1. The van der Waals surface area contributed by atoms with Crippen LogP contribution < -0.4 is 5.73 Å². The summed E-state index contributed by atoms with van der Waals surface area (Å²) in [5.41, 5.74) is 9.48. The molecular formula is C13H19NS. The van der Waals surface area contributed by atoms with Crippen LogP contribution in [0.4, 0.5) is 0 Å². The fourth-order valence-corrected chi connectivity index (χ4v) is 2.09. The lowest BCUT2D eigenvalue weighted by atomic mass is 9.90. The van der Waals surface area contributed by atoms with E-state index in [1.807, 2.05) is 0 Å². The monoisotopic (exact) mass is 221 g/mol. The third kappa shape index (κ3) is 2.57. The van der Waals surface area contributed by atoms with E-state index in [4.69, 9.17) is 18.0 Å². The normalized spacial score (nSPS) is 12.5. The summed E-state index contributed by atoms with van der Waals surface area (Å²) in [5.74, 6) is 0.521. The minimum Gasteiger partial charge on any atom is -0.389 e. The van der Waals surface area contributed by atoms with Crippen molar-refractivity contribution in [2.45, 2.75) is 39.5 Å². The van der Waals surface area contributed by atoms with Crippen LogP contribution in [0.5, 0.6) is 0 Å². The molecule has 0 aromatic heterocycles. The second-order valence-electron chi connectivity index (χ2n) is 3.91. The van der Waals surface area contributed by atoms with E-state index in [9.17, 15) is 0 Å². The van der Waals surface area contributed by atoms with Crippen molar-refractivity contribution in [3.63, 3.8) is 0 Å². The summed E-state index contributed by atoms with van der Waals surface area (Å²) < 4.78 is 0. The summed E-state index contributed by atoms with van der Waals surface area (Å²) in [6.45, 7) is 6.54. The molecule has 0 radical (unpaired) electrons. The molecule has 0 amide bonds. The van der Waals surface area contributed by atoms with Gasteiger partial charge in [-0.2, -0.15) is 0 Å². The summed E-state index contributed by atoms with van der Waals surface area (Å²) in [6, 6.07) is 6.35. The van der Waals surface area contributed by atoms with E-state index in [0.29, 0.717) is 10.9 Å². The topological polar surface area (TPSA) is 26.0 Å². The van der Waals surface area contributed by atoms with E-state index in [1.54, 1.807) is 0 Å². The molecule has 1 unspecified atom stereocenters. The molecule has 1 atom stereocenters. The zero-order chi connectivity index (χ0) is 11.4. The summed E-state index contributed by atoms with van der Waals surface area (Å²) >= 11 is 5.15. The molecule has 2 heteroatoms. The smallest absolute Gasteiger partial charge is 0.104 e. The molecule has 1 aromatic rings. The molecule has 0 bridgehead atoms. The van der Waals surface area contributed by atoms with Crippen LogP contribution in [-0.2, 0) is 6.42 Å². The van der Waals surface area contributed by atoms with Gasteiger partial charge in [0.2, 0.25) is 0 Å². The van der Waals surface area contributed by atoms with E-state index in [-0.39, 0.29) is 0 Å².